The summed E-state index contributed by atoms with van der Waals surface area (Å²) in [5, 5.41) is 8.33. The number of aliphatic imine (C=N–C) groups is 1. The summed E-state index contributed by atoms with van der Waals surface area (Å²) in [6.07, 6.45) is 0. The van der Waals surface area contributed by atoms with Gasteiger partial charge in [-0.3, -0.25) is 4.99 Å². The molecule has 0 radical (unpaired) electrons. The molecule has 2 heterocycles. The number of hydrogen-bond donors (Lipinski definition) is 1. The molecule has 5 heteroatoms. The van der Waals surface area contributed by atoms with Crippen molar-refractivity contribution in [3.05, 3.63) is 17.0 Å². The Morgan fingerprint density at radius 3 is 2.71 bits per heavy atom. The summed E-state index contributed by atoms with van der Waals surface area (Å²) in [7, 11) is 0. The van der Waals surface area contributed by atoms with Crippen LogP contribution >= 0.6 is 11.8 Å². The van der Waals surface area contributed by atoms with Gasteiger partial charge >= 0.3 is 0 Å². The molecule has 1 N–H and O–H groups in total. The fourth-order valence-corrected chi connectivity index (χ4v) is 2.61. The molecule has 0 unspecified atom stereocenters. The monoisotopic (exact) mass is 253 g/mol. The smallest absolute Gasteiger partial charge is 0.156 e. The molecule has 0 atom stereocenters. The van der Waals surface area contributed by atoms with Crippen molar-refractivity contribution in [1.82, 2.24) is 10.5 Å². The van der Waals surface area contributed by atoms with E-state index in [0.717, 1.165) is 41.0 Å². The average Bonchev–Trinajstić information content (AvgIpc) is 2.58. The Kier molecular flexibility index (Phi) is 3.47. The third-order valence-corrected chi connectivity index (χ3v) is 4.32. The molecule has 4 nitrogen and oxygen atoms in total. The van der Waals surface area contributed by atoms with Crippen molar-refractivity contribution in [3.63, 3.8) is 0 Å². The molecular weight excluding hydrogens is 234 g/mol. The zero-order valence-electron chi connectivity index (χ0n) is 10.8. The first-order chi connectivity index (χ1) is 7.98. The molecule has 17 heavy (non-hydrogen) atoms. The summed E-state index contributed by atoms with van der Waals surface area (Å²) in [6, 6.07) is 0. The number of aryl methyl sites for hydroxylation is 2. The highest BCUT2D eigenvalue weighted by atomic mass is 32.2. The lowest BCUT2D eigenvalue weighted by Crippen LogP contribution is -2.31. The predicted octanol–water partition coefficient (Wildman–Crippen LogP) is 2.51. The Hall–Kier alpha value is -0.970. The highest BCUT2D eigenvalue weighted by Crippen LogP contribution is 2.27. The van der Waals surface area contributed by atoms with Gasteiger partial charge in [-0.2, -0.15) is 0 Å². The molecule has 1 aromatic heterocycles. The molecule has 0 amide bonds. The van der Waals surface area contributed by atoms with E-state index in [1.807, 2.05) is 13.8 Å². The molecule has 0 saturated carbocycles. The van der Waals surface area contributed by atoms with Crippen LogP contribution < -0.4 is 5.32 Å². The summed E-state index contributed by atoms with van der Waals surface area (Å²) < 4.78 is 5.13. The minimum atomic E-state index is 0.318. The number of rotatable bonds is 2. The third kappa shape index (κ3) is 3.03. The summed E-state index contributed by atoms with van der Waals surface area (Å²) in [4.78, 5) is 4.56. The van der Waals surface area contributed by atoms with E-state index in [1.165, 1.54) is 0 Å². The zero-order chi connectivity index (χ0) is 12.5. The predicted molar refractivity (Wildman–Crippen MR) is 71.4 cm³/mol. The number of thioether (sulfide) groups is 1. The molecule has 1 aromatic rings. The first-order valence-electron chi connectivity index (χ1n) is 5.81. The van der Waals surface area contributed by atoms with Crippen molar-refractivity contribution in [3.8, 4) is 0 Å². The molecule has 1 aliphatic heterocycles. The van der Waals surface area contributed by atoms with Crippen molar-refractivity contribution in [2.24, 2.45) is 10.4 Å². The molecule has 0 bridgehead atoms. The van der Waals surface area contributed by atoms with E-state index >= 15 is 0 Å². The minimum Gasteiger partial charge on any atom is -0.361 e. The average molecular weight is 253 g/mol. The number of aromatic nitrogens is 1. The maximum Gasteiger partial charge on any atom is 0.156 e. The maximum absolute atomic E-state index is 5.13. The summed E-state index contributed by atoms with van der Waals surface area (Å²) in [5.41, 5.74) is 2.41. The third-order valence-electron chi connectivity index (χ3n) is 2.85. The lowest BCUT2D eigenvalue weighted by Gasteiger charge is -2.27. The van der Waals surface area contributed by atoms with Gasteiger partial charge in [-0.05, 0) is 19.3 Å². The van der Waals surface area contributed by atoms with E-state index in [0.29, 0.717) is 5.41 Å². The lowest BCUT2D eigenvalue weighted by molar-refractivity contribution is 0.392. The van der Waals surface area contributed by atoms with Gasteiger partial charge < -0.3 is 9.84 Å². The molecular formula is C12H19N3OS. The maximum atomic E-state index is 5.13. The standard InChI is InChI=1S/C12H19N3OS/c1-8-10(9(2)16-15-8)5-13-11-14-6-12(3,4)7-17-11/h5-7H2,1-4H3,(H,13,14). The second-order valence-electron chi connectivity index (χ2n) is 5.23. The highest BCUT2D eigenvalue weighted by Gasteiger charge is 2.23. The zero-order valence-corrected chi connectivity index (χ0v) is 11.6. The minimum absolute atomic E-state index is 0.318. The fraction of sp³-hybridized carbons (Fsp3) is 0.667. The van der Waals surface area contributed by atoms with Crippen LogP contribution in [0.25, 0.3) is 0 Å². The first kappa shape index (κ1) is 12.5. The van der Waals surface area contributed by atoms with Crippen LogP contribution in [0.5, 0.6) is 0 Å². The SMILES string of the molecule is Cc1noc(C)c1CNC1=NCC(C)(C)CS1. The molecule has 1 aliphatic rings. The second kappa shape index (κ2) is 4.72. The van der Waals surface area contributed by atoms with E-state index in [1.54, 1.807) is 11.8 Å². The number of amidine groups is 1. The quantitative estimate of drug-likeness (QED) is 0.880. The van der Waals surface area contributed by atoms with E-state index in [9.17, 15) is 0 Å². The van der Waals surface area contributed by atoms with Crippen molar-refractivity contribution in [2.75, 3.05) is 12.3 Å². The van der Waals surface area contributed by atoms with Crippen molar-refractivity contribution in [1.29, 1.82) is 0 Å². The van der Waals surface area contributed by atoms with Gasteiger partial charge in [0.15, 0.2) is 5.17 Å². The van der Waals surface area contributed by atoms with E-state index in [4.69, 9.17) is 4.52 Å². The Bertz CT molecular complexity index is 417. The van der Waals surface area contributed by atoms with Gasteiger partial charge in [0.2, 0.25) is 0 Å². The van der Waals surface area contributed by atoms with Gasteiger partial charge in [0.05, 0.1) is 5.69 Å². The van der Waals surface area contributed by atoms with Gasteiger partial charge in [0.25, 0.3) is 0 Å². The number of nitrogens with one attached hydrogen (secondary N) is 1. The number of nitrogens with zero attached hydrogens (tertiary/aromatic N) is 2. The van der Waals surface area contributed by atoms with Crippen molar-refractivity contribution >= 4 is 16.9 Å². The molecule has 0 aromatic carbocycles. The second-order valence-corrected chi connectivity index (χ2v) is 6.19. The van der Waals surface area contributed by atoms with Crippen LogP contribution in [0.2, 0.25) is 0 Å². The fourth-order valence-electron chi connectivity index (χ4n) is 1.67. The number of hydrogen-bond acceptors (Lipinski definition) is 5. The molecule has 0 spiro atoms. The molecule has 0 saturated heterocycles. The lowest BCUT2D eigenvalue weighted by atomic mass is 9.97. The van der Waals surface area contributed by atoms with Crippen LogP contribution in [0.1, 0.15) is 30.9 Å². The van der Waals surface area contributed by atoms with Crippen LogP contribution in [-0.2, 0) is 6.54 Å². The van der Waals surface area contributed by atoms with Crippen molar-refractivity contribution in [2.45, 2.75) is 34.2 Å². The Morgan fingerprint density at radius 1 is 1.41 bits per heavy atom. The van der Waals surface area contributed by atoms with Crippen molar-refractivity contribution < 1.29 is 4.52 Å². The van der Waals surface area contributed by atoms with Gasteiger partial charge in [-0.25, -0.2) is 0 Å². The largest absolute Gasteiger partial charge is 0.361 e. The van der Waals surface area contributed by atoms with Gasteiger partial charge in [-0.1, -0.05) is 30.8 Å². The van der Waals surface area contributed by atoms with E-state index < -0.39 is 0 Å². The molecule has 94 valence electrons. The summed E-state index contributed by atoms with van der Waals surface area (Å²) in [5.74, 6) is 2.00. The van der Waals surface area contributed by atoms with Crippen LogP contribution in [0.15, 0.2) is 9.52 Å². The highest BCUT2D eigenvalue weighted by molar-refractivity contribution is 8.13. The van der Waals surface area contributed by atoms with E-state index in [2.05, 4.69) is 29.3 Å². The Morgan fingerprint density at radius 2 is 2.18 bits per heavy atom. The van der Waals surface area contributed by atoms with Crippen LogP contribution in [-0.4, -0.2) is 22.6 Å². The van der Waals surface area contributed by atoms with E-state index in [-0.39, 0.29) is 0 Å². The first-order valence-corrected chi connectivity index (χ1v) is 6.79. The Balaban J connectivity index is 1.94. The summed E-state index contributed by atoms with van der Waals surface area (Å²) >= 11 is 1.79. The normalized spacial score (nSPS) is 18.9. The summed E-state index contributed by atoms with van der Waals surface area (Å²) in [6.45, 7) is 10.0. The molecule has 0 aliphatic carbocycles. The van der Waals surface area contributed by atoms with Crippen LogP contribution in [0.4, 0.5) is 0 Å². The van der Waals surface area contributed by atoms with Crippen LogP contribution in [0, 0.1) is 19.3 Å². The molecule has 0 fully saturated rings. The van der Waals surface area contributed by atoms with Gasteiger partial charge in [0, 0.05) is 24.4 Å². The molecule has 2 rings (SSSR count). The topological polar surface area (TPSA) is 50.4 Å². The van der Waals surface area contributed by atoms with Gasteiger partial charge in [-0.15, -0.1) is 0 Å². The van der Waals surface area contributed by atoms with Crippen LogP contribution in [0.3, 0.4) is 0 Å². The Labute approximate surface area is 106 Å². The van der Waals surface area contributed by atoms with Gasteiger partial charge in [0.1, 0.15) is 5.76 Å².